The van der Waals surface area contributed by atoms with Crippen LogP contribution in [0.4, 0.5) is 11.4 Å². The highest BCUT2D eigenvalue weighted by atomic mass is 35.5. The lowest BCUT2D eigenvalue weighted by atomic mass is 9.95. The van der Waals surface area contributed by atoms with Crippen molar-refractivity contribution in [2.75, 3.05) is 16.3 Å². The Bertz CT molecular complexity index is 1780. The summed E-state index contributed by atoms with van der Waals surface area (Å²) >= 11 is 12.6. The SMILES string of the molecule is Cc1noc(/C=C/c2ccccc2)c1N1C=C(c2ccc(Cl)cc2)N2c3ccccc3OC2(c2ccc(Cl)cc2)C1. The fourth-order valence-electron chi connectivity index (χ4n) is 5.59. The first kappa shape index (κ1) is 25.5. The van der Waals surface area contributed by atoms with E-state index in [0.717, 1.165) is 45.2 Å². The summed E-state index contributed by atoms with van der Waals surface area (Å²) < 4.78 is 12.8. The van der Waals surface area contributed by atoms with Gasteiger partial charge in [0.25, 0.3) is 0 Å². The number of nitrogens with zero attached hydrogens (tertiary/aromatic N) is 3. The molecular weight excluding hydrogens is 553 g/mol. The highest BCUT2D eigenvalue weighted by Gasteiger charge is 2.53. The molecule has 0 bridgehead atoms. The van der Waals surface area contributed by atoms with E-state index in [0.29, 0.717) is 22.4 Å². The molecule has 2 aliphatic heterocycles. The number of anilines is 2. The number of hydrogen-bond donors (Lipinski definition) is 0. The van der Waals surface area contributed by atoms with Crippen molar-refractivity contribution in [3.05, 3.63) is 148 Å². The molecule has 0 aliphatic carbocycles. The molecule has 7 rings (SSSR count). The minimum absolute atomic E-state index is 0.467. The summed E-state index contributed by atoms with van der Waals surface area (Å²) in [5.41, 5.74) is 5.72. The largest absolute Gasteiger partial charge is 0.459 e. The van der Waals surface area contributed by atoms with E-state index in [1.165, 1.54) is 0 Å². The van der Waals surface area contributed by atoms with Crippen molar-refractivity contribution in [3.63, 3.8) is 0 Å². The predicted molar refractivity (Wildman–Crippen MR) is 166 cm³/mol. The quantitative estimate of drug-likeness (QED) is 0.208. The van der Waals surface area contributed by atoms with Crippen LogP contribution in [0, 0.1) is 6.92 Å². The van der Waals surface area contributed by atoms with Crippen molar-refractivity contribution in [2.45, 2.75) is 12.6 Å². The molecule has 4 aromatic carbocycles. The number of hydrogen-bond acceptors (Lipinski definition) is 5. The molecule has 0 saturated heterocycles. The fourth-order valence-corrected chi connectivity index (χ4v) is 5.85. The third-order valence-corrected chi connectivity index (χ3v) is 7.96. The Morgan fingerprint density at radius 1 is 0.805 bits per heavy atom. The van der Waals surface area contributed by atoms with E-state index in [9.17, 15) is 0 Å². The van der Waals surface area contributed by atoms with Crippen LogP contribution in [-0.4, -0.2) is 11.7 Å². The summed E-state index contributed by atoms with van der Waals surface area (Å²) in [6.45, 7) is 2.43. The summed E-state index contributed by atoms with van der Waals surface area (Å²) in [4.78, 5) is 4.45. The van der Waals surface area contributed by atoms with Crippen molar-refractivity contribution in [2.24, 2.45) is 0 Å². The third kappa shape index (κ3) is 4.48. The van der Waals surface area contributed by atoms with Gasteiger partial charge in [-0.05, 0) is 60.5 Å². The molecule has 1 unspecified atom stereocenters. The van der Waals surface area contributed by atoms with Crippen molar-refractivity contribution >= 4 is 52.4 Å². The zero-order chi connectivity index (χ0) is 28.0. The number of fused-ring (bicyclic) bond motifs is 3. The van der Waals surface area contributed by atoms with Crippen LogP contribution in [0.1, 0.15) is 28.1 Å². The second-order valence-corrected chi connectivity index (χ2v) is 10.9. The number of aromatic nitrogens is 1. The first-order valence-corrected chi connectivity index (χ1v) is 14.1. The maximum atomic E-state index is 6.94. The van der Waals surface area contributed by atoms with Gasteiger partial charge in [0.1, 0.15) is 17.1 Å². The van der Waals surface area contributed by atoms with Crippen LogP contribution in [0.2, 0.25) is 10.0 Å². The van der Waals surface area contributed by atoms with E-state index in [2.05, 4.69) is 39.4 Å². The highest BCUT2D eigenvalue weighted by Crippen LogP contribution is 2.54. The topological polar surface area (TPSA) is 41.7 Å². The van der Waals surface area contributed by atoms with Crippen molar-refractivity contribution < 1.29 is 9.26 Å². The average Bonchev–Trinajstić information content (AvgIpc) is 3.54. The Labute approximate surface area is 248 Å². The average molecular weight is 578 g/mol. The lowest BCUT2D eigenvalue weighted by molar-refractivity contribution is 0.103. The van der Waals surface area contributed by atoms with Gasteiger partial charge in [-0.2, -0.15) is 0 Å². The van der Waals surface area contributed by atoms with E-state index < -0.39 is 5.72 Å². The van der Waals surface area contributed by atoms with Crippen LogP contribution in [0.25, 0.3) is 17.8 Å². The molecule has 202 valence electrons. The van der Waals surface area contributed by atoms with E-state index >= 15 is 0 Å². The molecule has 5 nitrogen and oxygen atoms in total. The van der Waals surface area contributed by atoms with Gasteiger partial charge in [0, 0.05) is 21.8 Å². The van der Waals surface area contributed by atoms with Crippen LogP contribution in [0.15, 0.2) is 114 Å². The van der Waals surface area contributed by atoms with Gasteiger partial charge in [-0.25, -0.2) is 0 Å². The van der Waals surface area contributed by atoms with Gasteiger partial charge in [0.05, 0.1) is 17.9 Å². The van der Waals surface area contributed by atoms with Gasteiger partial charge in [-0.15, -0.1) is 0 Å². The molecule has 41 heavy (non-hydrogen) atoms. The molecule has 3 heterocycles. The summed E-state index contributed by atoms with van der Waals surface area (Å²) in [5.74, 6) is 1.46. The zero-order valence-corrected chi connectivity index (χ0v) is 23.7. The molecule has 0 saturated carbocycles. The number of para-hydroxylation sites is 2. The van der Waals surface area contributed by atoms with E-state index in [1.54, 1.807) is 0 Å². The van der Waals surface area contributed by atoms with E-state index in [1.807, 2.05) is 104 Å². The predicted octanol–water partition coefficient (Wildman–Crippen LogP) is 9.03. The Balaban J connectivity index is 1.43. The first-order valence-electron chi connectivity index (χ1n) is 13.3. The zero-order valence-electron chi connectivity index (χ0n) is 22.2. The van der Waals surface area contributed by atoms with Gasteiger partial charge in [0.2, 0.25) is 5.72 Å². The molecule has 0 spiro atoms. The van der Waals surface area contributed by atoms with Crippen LogP contribution in [-0.2, 0) is 5.72 Å². The summed E-state index contributed by atoms with van der Waals surface area (Å²) in [7, 11) is 0. The van der Waals surface area contributed by atoms with E-state index in [-0.39, 0.29) is 0 Å². The summed E-state index contributed by atoms with van der Waals surface area (Å²) in [5, 5.41) is 5.70. The van der Waals surface area contributed by atoms with Gasteiger partial charge in [0.15, 0.2) is 5.76 Å². The summed E-state index contributed by atoms with van der Waals surface area (Å²) in [6, 6.07) is 34.0. The molecule has 0 radical (unpaired) electrons. The molecule has 1 atom stereocenters. The monoisotopic (exact) mass is 577 g/mol. The lowest BCUT2D eigenvalue weighted by Crippen LogP contribution is -2.56. The highest BCUT2D eigenvalue weighted by molar-refractivity contribution is 6.30. The summed E-state index contributed by atoms with van der Waals surface area (Å²) in [6.07, 6.45) is 6.13. The van der Waals surface area contributed by atoms with Gasteiger partial charge in [-0.1, -0.05) is 101 Å². The van der Waals surface area contributed by atoms with Crippen molar-refractivity contribution in [3.8, 4) is 5.75 Å². The molecular formula is C34H25Cl2N3O2. The Kier molecular flexibility index (Phi) is 6.34. The Hall–Kier alpha value is -4.45. The second-order valence-electron chi connectivity index (χ2n) is 10.1. The van der Waals surface area contributed by atoms with Crippen LogP contribution < -0.4 is 14.5 Å². The van der Waals surface area contributed by atoms with Crippen LogP contribution in [0.3, 0.4) is 0 Å². The van der Waals surface area contributed by atoms with Crippen molar-refractivity contribution in [1.82, 2.24) is 5.16 Å². The van der Waals surface area contributed by atoms with Crippen LogP contribution >= 0.6 is 23.2 Å². The standard InChI is InChI=1S/C34H25Cl2N3O2/c1-23-33(32(41-37-23)20-11-24-7-3-2-4-8-24)38-21-30(25-12-16-27(35)17-13-25)39-29-9-5-6-10-31(29)40-34(39,22-38)26-14-18-28(36)19-15-26/h2-21H,22H2,1H3/b20-11+. The normalized spacial score (nSPS) is 17.8. The maximum Gasteiger partial charge on any atom is 0.231 e. The number of halogens is 2. The number of ether oxygens (including phenoxy) is 1. The minimum Gasteiger partial charge on any atom is -0.459 e. The van der Waals surface area contributed by atoms with Gasteiger partial charge < -0.3 is 14.2 Å². The molecule has 0 N–H and O–H groups in total. The van der Waals surface area contributed by atoms with E-state index in [4.69, 9.17) is 32.5 Å². The fraction of sp³-hybridized carbons (Fsp3) is 0.0882. The number of aryl methyl sites for hydroxylation is 1. The second kappa shape index (κ2) is 10.2. The molecule has 1 aromatic heterocycles. The smallest absolute Gasteiger partial charge is 0.231 e. The number of rotatable bonds is 5. The van der Waals surface area contributed by atoms with Crippen LogP contribution in [0.5, 0.6) is 5.75 Å². The van der Waals surface area contributed by atoms with Gasteiger partial charge >= 0.3 is 0 Å². The van der Waals surface area contributed by atoms with Gasteiger partial charge in [-0.3, -0.25) is 4.90 Å². The molecule has 2 aliphatic rings. The molecule has 0 amide bonds. The Morgan fingerprint density at radius 2 is 1.49 bits per heavy atom. The minimum atomic E-state index is -0.901. The Morgan fingerprint density at radius 3 is 2.24 bits per heavy atom. The van der Waals surface area contributed by atoms with Crippen molar-refractivity contribution in [1.29, 1.82) is 0 Å². The first-order chi connectivity index (χ1) is 20.0. The lowest BCUT2D eigenvalue weighted by Gasteiger charge is -2.46. The number of benzene rings is 4. The molecule has 5 aromatic rings. The molecule has 0 fully saturated rings. The maximum absolute atomic E-state index is 6.94. The third-order valence-electron chi connectivity index (χ3n) is 7.46. The molecule has 7 heteroatoms.